The zero-order chi connectivity index (χ0) is 16.2. The highest BCUT2D eigenvalue weighted by molar-refractivity contribution is 5.92. The van der Waals surface area contributed by atoms with Crippen molar-refractivity contribution in [2.45, 2.75) is 19.0 Å². The molecule has 2 aromatic rings. The molecule has 1 atom stereocenters. The standard InChI is InChI=1S/C17H22N4O2/c1-20-8-3-4-15(20)17(22)19-14-7-9-21(12-14)11-13-5-6-16(23-2)18-10-13/h3-6,8,10,14H,7,9,11-12H2,1-2H3,(H,19,22). The molecular formula is C17H22N4O2. The SMILES string of the molecule is COc1ccc(CN2CCC(NC(=O)c3cccn3C)C2)cn1. The Labute approximate surface area is 136 Å². The molecule has 1 unspecified atom stereocenters. The molecule has 1 saturated heterocycles. The van der Waals surface area contributed by atoms with Crippen LogP contribution in [0.3, 0.4) is 0 Å². The Hall–Kier alpha value is -2.34. The number of aromatic nitrogens is 2. The summed E-state index contributed by atoms with van der Waals surface area (Å²) in [6.07, 6.45) is 4.70. The number of amides is 1. The second-order valence-corrected chi connectivity index (χ2v) is 5.91. The average Bonchev–Trinajstić information content (AvgIpc) is 3.17. The molecule has 122 valence electrons. The molecular weight excluding hydrogens is 292 g/mol. The van der Waals surface area contributed by atoms with Crippen LogP contribution in [-0.4, -0.2) is 46.6 Å². The normalized spacial score (nSPS) is 18.1. The molecule has 0 saturated carbocycles. The van der Waals surface area contributed by atoms with E-state index in [1.165, 1.54) is 0 Å². The van der Waals surface area contributed by atoms with Crippen molar-refractivity contribution in [2.75, 3.05) is 20.2 Å². The fourth-order valence-corrected chi connectivity index (χ4v) is 2.93. The van der Waals surface area contributed by atoms with Gasteiger partial charge in [0.05, 0.1) is 7.11 Å². The number of hydrogen-bond donors (Lipinski definition) is 1. The molecule has 0 bridgehead atoms. The monoisotopic (exact) mass is 314 g/mol. The maximum absolute atomic E-state index is 12.2. The zero-order valence-corrected chi connectivity index (χ0v) is 13.5. The van der Waals surface area contributed by atoms with Crippen LogP contribution in [0.4, 0.5) is 0 Å². The number of carbonyl (C=O) groups is 1. The summed E-state index contributed by atoms with van der Waals surface area (Å²) in [5.41, 5.74) is 1.85. The van der Waals surface area contributed by atoms with E-state index in [0.717, 1.165) is 31.6 Å². The topological polar surface area (TPSA) is 59.4 Å². The van der Waals surface area contributed by atoms with Crippen LogP contribution in [0, 0.1) is 0 Å². The highest BCUT2D eigenvalue weighted by Gasteiger charge is 2.24. The summed E-state index contributed by atoms with van der Waals surface area (Å²) in [6.45, 7) is 2.68. The molecule has 23 heavy (non-hydrogen) atoms. The summed E-state index contributed by atoms with van der Waals surface area (Å²) < 4.78 is 6.91. The summed E-state index contributed by atoms with van der Waals surface area (Å²) in [5.74, 6) is 0.623. The van der Waals surface area contributed by atoms with Crippen LogP contribution in [0.1, 0.15) is 22.5 Å². The minimum atomic E-state index is -0.00420. The summed E-state index contributed by atoms with van der Waals surface area (Å²) in [6, 6.07) is 7.82. The van der Waals surface area contributed by atoms with E-state index in [9.17, 15) is 4.79 Å². The molecule has 2 aromatic heterocycles. The Morgan fingerprint density at radius 1 is 1.43 bits per heavy atom. The number of carbonyl (C=O) groups excluding carboxylic acids is 1. The third-order valence-corrected chi connectivity index (χ3v) is 4.20. The van der Waals surface area contributed by atoms with Crippen molar-refractivity contribution in [3.8, 4) is 5.88 Å². The van der Waals surface area contributed by atoms with Gasteiger partial charge in [0, 0.05) is 51.2 Å². The highest BCUT2D eigenvalue weighted by Crippen LogP contribution is 2.15. The van der Waals surface area contributed by atoms with Gasteiger partial charge in [-0.25, -0.2) is 4.98 Å². The van der Waals surface area contributed by atoms with Gasteiger partial charge in [0.15, 0.2) is 0 Å². The second-order valence-electron chi connectivity index (χ2n) is 5.91. The van der Waals surface area contributed by atoms with Crippen molar-refractivity contribution in [3.63, 3.8) is 0 Å². The first kappa shape index (κ1) is 15.6. The van der Waals surface area contributed by atoms with E-state index >= 15 is 0 Å². The van der Waals surface area contributed by atoms with Gasteiger partial charge in [0.1, 0.15) is 5.69 Å². The molecule has 0 aromatic carbocycles. The smallest absolute Gasteiger partial charge is 0.268 e. The Bertz CT molecular complexity index is 665. The molecule has 1 fully saturated rings. The molecule has 1 N–H and O–H groups in total. The highest BCUT2D eigenvalue weighted by atomic mass is 16.5. The fourth-order valence-electron chi connectivity index (χ4n) is 2.93. The summed E-state index contributed by atoms with van der Waals surface area (Å²) in [7, 11) is 3.50. The molecule has 1 amide bonds. The fraction of sp³-hybridized carbons (Fsp3) is 0.412. The first-order valence-electron chi connectivity index (χ1n) is 7.79. The lowest BCUT2D eigenvalue weighted by Crippen LogP contribution is -2.37. The van der Waals surface area contributed by atoms with Crippen molar-refractivity contribution < 1.29 is 9.53 Å². The molecule has 1 aliphatic rings. The average molecular weight is 314 g/mol. The molecule has 0 spiro atoms. The van der Waals surface area contributed by atoms with Gasteiger partial charge in [0.25, 0.3) is 5.91 Å². The van der Waals surface area contributed by atoms with Gasteiger partial charge in [-0.1, -0.05) is 6.07 Å². The first-order valence-corrected chi connectivity index (χ1v) is 7.79. The predicted molar refractivity (Wildman–Crippen MR) is 87.4 cm³/mol. The molecule has 0 radical (unpaired) electrons. The summed E-state index contributed by atoms with van der Waals surface area (Å²) in [4.78, 5) is 18.8. The number of methoxy groups -OCH3 is 1. The Morgan fingerprint density at radius 3 is 2.96 bits per heavy atom. The van der Waals surface area contributed by atoms with Crippen molar-refractivity contribution in [1.29, 1.82) is 0 Å². The lowest BCUT2D eigenvalue weighted by atomic mass is 10.2. The van der Waals surface area contributed by atoms with E-state index in [1.807, 2.05) is 48.3 Å². The van der Waals surface area contributed by atoms with E-state index in [-0.39, 0.29) is 11.9 Å². The maximum Gasteiger partial charge on any atom is 0.268 e. The lowest BCUT2D eigenvalue weighted by Gasteiger charge is -2.17. The third-order valence-electron chi connectivity index (χ3n) is 4.20. The first-order chi connectivity index (χ1) is 11.2. The van der Waals surface area contributed by atoms with Crippen LogP contribution >= 0.6 is 0 Å². The van der Waals surface area contributed by atoms with E-state index in [2.05, 4.69) is 15.2 Å². The van der Waals surface area contributed by atoms with E-state index in [4.69, 9.17) is 4.74 Å². The number of hydrogen-bond acceptors (Lipinski definition) is 4. The molecule has 6 heteroatoms. The van der Waals surface area contributed by atoms with Gasteiger partial charge in [-0.05, 0) is 24.1 Å². The number of aryl methyl sites for hydroxylation is 1. The molecule has 3 rings (SSSR count). The van der Waals surface area contributed by atoms with Gasteiger partial charge < -0.3 is 14.6 Å². The molecule has 0 aliphatic carbocycles. The van der Waals surface area contributed by atoms with Gasteiger partial charge in [-0.3, -0.25) is 9.69 Å². The van der Waals surface area contributed by atoms with Crippen LogP contribution < -0.4 is 10.1 Å². The van der Waals surface area contributed by atoms with Crippen LogP contribution in [0.15, 0.2) is 36.7 Å². The Morgan fingerprint density at radius 2 is 2.30 bits per heavy atom. The molecule has 3 heterocycles. The number of nitrogens with one attached hydrogen (secondary N) is 1. The van der Waals surface area contributed by atoms with Crippen LogP contribution in [-0.2, 0) is 13.6 Å². The molecule has 1 aliphatic heterocycles. The number of ether oxygens (including phenoxy) is 1. The van der Waals surface area contributed by atoms with Gasteiger partial charge >= 0.3 is 0 Å². The predicted octanol–water partition coefficient (Wildman–Crippen LogP) is 1.43. The third kappa shape index (κ3) is 3.71. The van der Waals surface area contributed by atoms with Crippen molar-refractivity contribution >= 4 is 5.91 Å². The van der Waals surface area contributed by atoms with E-state index in [1.54, 1.807) is 7.11 Å². The molecule has 6 nitrogen and oxygen atoms in total. The summed E-state index contributed by atoms with van der Waals surface area (Å²) in [5, 5.41) is 3.12. The minimum Gasteiger partial charge on any atom is -0.481 e. The number of likely N-dealkylation sites (tertiary alicyclic amines) is 1. The Kier molecular flexibility index (Phi) is 4.62. The van der Waals surface area contributed by atoms with Crippen LogP contribution in [0.25, 0.3) is 0 Å². The van der Waals surface area contributed by atoms with Crippen LogP contribution in [0.2, 0.25) is 0 Å². The van der Waals surface area contributed by atoms with Crippen molar-refractivity contribution in [1.82, 2.24) is 19.8 Å². The lowest BCUT2D eigenvalue weighted by molar-refractivity contribution is 0.0929. The van der Waals surface area contributed by atoms with E-state index < -0.39 is 0 Å². The van der Waals surface area contributed by atoms with Crippen LogP contribution in [0.5, 0.6) is 5.88 Å². The Balaban J connectivity index is 1.52. The van der Waals surface area contributed by atoms with Gasteiger partial charge in [-0.15, -0.1) is 0 Å². The van der Waals surface area contributed by atoms with E-state index in [0.29, 0.717) is 11.6 Å². The van der Waals surface area contributed by atoms with Gasteiger partial charge in [0.2, 0.25) is 5.88 Å². The van der Waals surface area contributed by atoms with Crippen molar-refractivity contribution in [2.24, 2.45) is 7.05 Å². The quantitative estimate of drug-likeness (QED) is 0.907. The zero-order valence-electron chi connectivity index (χ0n) is 13.5. The maximum atomic E-state index is 12.2. The number of pyridine rings is 1. The summed E-state index contributed by atoms with van der Waals surface area (Å²) >= 11 is 0. The number of rotatable bonds is 5. The minimum absolute atomic E-state index is 0.00420. The largest absolute Gasteiger partial charge is 0.481 e. The number of nitrogens with zero attached hydrogens (tertiary/aromatic N) is 3. The van der Waals surface area contributed by atoms with Gasteiger partial charge in [-0.2, -0.15) is 0 Å². The second kappa shape index (κ2) is 6.83. The van der Waals surface area contributed by atoms with Crippen molar-refractivity contribution in [3.05, 3.63) is 47.9 Å².